The van der Waals surface area contributed by atoms with Crippen LogP contribution in [0.25, 0.3) is 11.1 Å². The Hall–Kier alpha value is -2.82. The molecule has 0 aromatic heterocycles. The summed E-state index contributed by atoms with van der Waals surface area (Å²) in [5, 5.41) is 29.1. The number of fused-ring (bicyclic) bond motifs is 2. The van der Waals surface area contributed by atoms with Crippen molar-refractivity contribution < 1.29 is 24.6 Å². The van der Waals surface area contributed by atoms with Gasteiger partial charge >= 0.3 is 0 Å². The number of aliphatic hydroxyl groups is 2. The van der Waals surface area contributed by atoms with Crippen LogP contribution in [0.3, 0.4) is 0 Å². The molecule has 9 atom stereocenters. The molecule has 2 aliphatic heterocycles. The molecule has 0 radical (unpaired) electrons. The smallest absolute Gasteiger partial charge is 0.251 e. The van der Waals surface area contributed by atoms with E-state index in [0.717, 1.165) is 42.6 Å². The van der Waals surface area contributed by atoms with Crippen LogP contribution in [0.5, 0.6) is 0 Å². The van der Waals surface area contributed by atoms with Crippen LogP contribution in [0.4, 0.5) is 0 Å². The van der Waals surface area contributed by atoms with Crippen molar-refractivity contribution in [3.05, 3.63) is 59.7 Å². The van der Waals surface area contributed by atoms with Crippen molar-refractivity contribution >= 4 is 11.8 Å². The minimum atomic E-state index is -0.844. The van der Waals surface area contributed by atoms with Gasteiger partial charge in [0, 0.05) is 30.1 Å². The molecule has 5 fully saturated rings. The number of hydrogen-bond acceptors (Lipinski definition) is 7. The number of amides is 2. The topological polar surface area (TPSA) is 114 Å². The van der Waals surface area contributed by atoms with Gasteiger partial charge < -0.3 is 20.8 Å². The molecule has 2 aromatic rings. The fourth-order valence-corrected chi connectivity index (χ4v) is 9.21. The van der Waals surface area contributed by atoms with Gasteiger partial charge in [0.15, 0.2) is 0 Å². The predicted octanol–water partition coefficient (Wildman–Crippen LogP) is 4.23. The van der Waals surface area contributed by atoms with Crippen molar-refractivity contribution in [2.24, 2.45) is 29.1 Å². The number of likely N-dealkylation sites (N-methyl/N-ethyl adjacent to an activating group) is 1. The molecule has 47 heavy (non-hydrogen) atoms. The van der Waals surface area contributed by atoms with Gasteiger partial charge in [0.2, 0.25) is 5.91 Å². The second kappa shape index (κ2) is 14.0. The second-order valence-electron chi connectivity index (χ2n) is 15.2. The summed E-state index contributed by atoms with van der Waals surface area (Å²) >= 11 is 0. The summed E-state index contributed by atoms with van der Waals surface area (Å²) in [7, 11) is 0. The van der Waals surface area contributed by atoms with E-state index in [-0.39, 0.29) is 24.5 Å². The Bertz CT molecular complexity index is 1430. The molecule has 9 nitrogen and oxygen atoms in total. The highest BCUT2D eigenvalue weighted by Gasteiger charge is 2.57. The highest BCUT2D eigenvalue weighted by Crippen LogP contribution is 2.61. The minimum Gasteiger partial charge on any atom is -0.394 e. The molecule has 2 aromatic carbocycles. The lowest BCUT2D eigenvalue weighted by Gasteiger charge is -2.62. The van der Waals surface area contributed by atoms with Crippen LogP contribution in [-0.4, -0.2) is 88.6 Å². The van der Waals surface area contributed by atoms with Crippen molar-refractivity contribution in [2.75, 3.05) is 26.2 Å². The van der Waals surface area contributed by atoms with Gasteiger partial charge in [-0.05, 0) is 104 Å². The zero-order chi connectivity index (χ0) is 33.5. The van der Waals surface area contributed by atoms with Crippen LogP contribution in [0.15, 0.2) is 48.5 Å². The Balaban J connectivity index is 1.16. The molecule has 3 saturated carbocycles. The standard InChI is InChI=1S/C38H54N4O5/c1-6-41-15-9-14-30(41)20-39-36(45)28-13-8-12-27(17-28)26-11-7-10-25(16-26)21-42-35(34(24(3)44)33(22-43)47-42)37(46)40-32-19-29-18-31(23(32)2)38(29,4)5/h7-8,10-13,16-17,23-24,29-35,43-44H,6,9,14-15,18-22H2,1-5H3,(H,39,45)(H,40,46)/t23-,24-,29?,30-,31?,32-,33-,34+,35-/m0/s1. The van der Waals surface area contributed by atoms with Crippen LogP contribution in [-0.2, 0) is 16.2 Å². The van der Waals surface area contributed by atoms with Crippen molar-refractivity contribution in [1.82, 2.24) is 20.6 Å². The van der Waals surface area contributed by atoms with Gasteiger partial charge in [-0.3, -0.25) is 19.3 Å². The van der Waals surface area contributed by atoms with Gasteiger partial charge in [-0.25, -0.2) is 0 Å². The number of hydroxylamine groups is 2. The SMILES string of the molecule is CCN1CCC[C@H]1CNC(=O)c1cccc(-c2cccc(CN3O[C@@H](CO)[C@@H]([C@H](C)O)[C@H]3C(=O)N[C@H]3CC4CC([C@@H]3C)C4(C)C)c2)c1. The first-order valence-electron chi connectivity index (χ1n) is 17.8. The Morgan fingerprint density at radius 2 is 1.85 bits per heavy atom. The third kappa shape index (κ3) is 6.75. The molecule has 9 heteroatoms. The molecule has 2 bridgehead atoms. The number of benzene rings is 2. The van der Waals surface area contributed by atoms with E-state index in [2.05, 4.69) is 49.3 Å². The van der Waals surface area contributed by atoms with Gasteiger partial charge in [0.1, 0.15) is 12.1 Å². The zero-order valence-corrected chi connectivity index (χ0v) is 28.7. The Labute approximate surface area is 280 Å². The highest BCUT2D eigenvalue weighted by atomic mass is 16.7. The van der Waals surface area contributed by atoms with E-state index in [1.54, 1.807) is 12.0 Å². The maximum atomic E-state index is 14.0. The monoisotopic (exact) mass is 646 g/mol. The molecule has 2 amide bonds. The number of hydrogen-bond donors (Lipinski definition) is 4. The molecular formula is C38H54N4O5. The van der Waals surface area contributed by atoms with E-state index in [4.69, 9.17) is 4.84 Å². The lowest BCUT2D eigenvalue weighted by molar-refractivity contribution is -0.183. The van der Waals surface area contributed by atoms with Gasteiger partial charge in [0.25, 0.3) is 5.91 Å². The molecule has 2 saturated heterocycles. The maximum absolute atomic E-state index is 14.0. The first kappa shape index (κ1) is 34.1. The van der Waals surface area contributed by atoms with E-state index in [1.807, 2.05) is 42.5 Å². The first-order valence-corrected chi connectivity index (χ1v) is 17.8. The molecular weight excluding hydrogens is 592 g/mol. The van der Waals surface area contributed by atoms with Crippen molar-refractivity contribution in [1.29, 1.82) is 0 Å². The van der Waals surface area contributed by atoms with E-state index >= 15 is 0 Å². The van der Waals surface area contributed by atoms with Crippen LogP contribution < -0.4 is 10.6 Å². The van der Waals surface area contributed by atoms with Gasteiger partial charge in [-0.2, -0.15) is 5.06 Å². The number of aliphatic hydroxyl groups excluding tert-OH is 2. The van der Waals surface area contributed by atoms with E-state index < -0.39 is 24.2 Å². The number of rotatable bonds is 11. The van der Waals surface area contributed by atoms with E-state index in [0.29, 0.717) is 47.9 Å². The molecule has 2 heterocycles. The maximum Gasteiger partial charge on any atom is 0.251 e. The fourth-order valence-electron chi connectivity index (χ4n) is 9.21. The van der Waals surface area contributed by atoms with Crippen LogP contribution in [0, 0.1) is 29.1 Å². The summed E-state index contributed by atoms with van der Waals surface area (Å²) in [5.41, 5.74) is 3.74. The summed E-state index contributed by atoms with van der Waals surface area (Å²) in [6.45, 7) is 13.5. The third-order valence-electron chi connectivity index (χ3n) is 12.2. The van der Waals surface area contributed by atoms with Gasteiger partial charge in [-0.15, -0.1) is 0 Å². The van der Waals surface area contributed by atoms with Crippen LogP contribution in [0.2, 0.25) is 0 Å². The average Bonchev–Trinajstić information content (AvgIpc) is 3.68. The average molecular weight is 647 g/mol. The van der Waals surface area contributed by atoms with Crippen LogP contribution >= 0.6 is 0 Å². The molecule has 5 aliphatic rings. The van der Waals surface area contributed by atoms with Crippen molar-refractivity contribution in [2.45, 2.75) is 97.2 Å². The summed E-state index contributed by atoms with van der Waals surface area (Å²) < 4.78 is 0. The summed E-state index contributed by atoms with van der Waals surface area (Å²) in [6.07, 6.45) is 2.94. The fraction of sp³-hybridized carbons (Fsp3) is 0.632. The third-order valence-corrected chi connectivity index (χ3v) is 12.2. The quantitative estimate of drug-likeness (QED) is 0.289. The van der Waals surface area contributed by atoms with E-state index in [9.17, 15) is 19.8 Å². The minimum absolute atomic E-state index is 0.0716. The molecule has 7 rings (SSSR count). The van der Waals surface area contributed by atoms with Crippen LogP contribution in [0.1, 0.15) is 76.2 Å². The molecule has 256 valence electrons. The lowest BCUT2D eigenvalue weighted by Crippen LogP contribution is -2.62. The first-order chi connectivity index (χ1) is 22.5. The number of nitrogens with zero attached hydrogens (tertiary/aromatic N) is 2. The lowest BCUT2D eigenvalue weighted by atomic mass is 9.45. The Morgan fingerprint density at radius 1 is 1.11 bits per heavy atom. The Kier molecular flexibility index (Phi) is 10.1. The number of likely N-dealkylation sites (tertiary alicyclic amines) is 1. The van der Waals surface area contributed by atoms with Crippen molar-refractivity contribution in [3.8, 4) is 11.1 Å². The highest BCUT2D eigenvalue weighted by molar-refractivity contribution is 5.95. The molecule has 0 spiro atoms. The summed E-state index contributed by atoms with van der Waals surface area (Å²) in [6, 6.07) is 15.4. The zero-order valence-electron chi connectivity index (χ0n) is 28.7. The normalized spacial score (nSPS) is 32.5. The van der Waals surface area contributed by atoms with Gasteiger partial charge in [-0.1, -0.05) is 58.0 Å². The molecule has 2 unspecified atom stereocenters. The largest absolute Gasteiger partial charge is 0.394 e. The number of carbonyl (C=O) groups excluding carboxylic acids is 2. The van der Waals surface area contributed by atoms with Gasteiger partial charge in [0.05, 0.1) is 19.3 Å². The number of carbonyl (C=O) groups is 2. The van der Waals surface area contributed by atoms with Crippen molar-refractivity contribution in [3.63, 3.8) is 0 Å². The summed E-state index contributed by atoms with van der Waals surface area (Å²) in [5.74, 6) is 0.767. The number of nitrogens with one attached hydrogen (secondary N) is 2. The predicted molar refractivity (Wildman–Crippen MR) is 182 cm³/mol. The molecule has 4 N–H and O–H groups in total. The van der Waals surface area contributed by atoms with E-state index in [1.165, 1.54) is 12.8 Å². The Morgan fingerprint density at radius 3 is 2.53 bits per heavy atom. The molecule has 3 aliphatic carbocycles. The summed E-state index contributed by atoms with van der Waals surface area (Å²) in [4.78, 5) is 35.7. The second-order valence-corrected chi connectivity index (χ2v) is 15.2.